The van der Waals surface area contributed by atoms with E-state index in [-0.39, 0.29) is 40.8 Å². The molecule has 2 aromatic rings. The van der Waals surface area contributed by atoms with Crippen LogP contribution in [0.15, 0.2) is 30.7 Å². The first-order chi connectivity index (χ1) is 18.9. The SMILES string of the molecule is C[C@@H]1COC[C@@H](C)N1C(=O)c1cc(F)ccc1Oc1cncnc1N1CC2(CCN(C(=O)OC(C)(C)C)CC2)C1. The molecule has 40 heavy (non-hydrogen) atoms. The third-order valence-electron chi connectivity index (χ3n) is 7.78. The Hall–Kier alpha value is -3.47. The highest BCUT2D eigenvalue weighted by molar-refractivity contribution is 5.97. The van der Waals surface area contributed by atoms with Crippen LogP contribution < -0.4 is 9.64 Å². The molecule has 1 aromatic carbocycles. The standard InChI is InChI=1S/C29H38FN5O5/c1-19-14-38-15-20(2)35(19)26(36)22-12-21(30)6-7-23(22)39-24-13-31-18-32-25(24)34-16-29(17-34)8-10-33(11-9-29)27(37)40-28(3,4)5/h6-7,12-13,18-20H,8-11,14-17H2,1-5H3/t19-,20-/m1/s1. The maximum absolute atomic E-state index is 14.3. The van der Waals surface area contributed by atoms with Crippen LogP contribution in [-0.2, 0) is 9.47 Å². The zero-order valence-corrected chi connectivity index (χ0v) is 23.9. The molecule has 1 aromatic heterocycles. The second-order valence-electron chi connectivity index (χ2n) is 12.2. The van der Waals surface area contributed by atoms with Gasteiger partial charge in [0.25, 0.3) is 5.91 Å². The topological polar surface area (TPSA) is 97.3 Å². The number of halogens is 1. The summed E-state index contributed by atoms with van der Waals surface area (Å²) in [6.07, 6.45) is 4.51. The van der Waals surface area contributed by atoms with Crippen molar-refractivity contribution in [1.82, 2.24) is 19.8 Å². The first kappa shape index (κ1) is 28.1. The predicted octanol–water partition coefficient (Wildman–Crippen LogP) is 4.49. The van der Waals surface area contributed by atoms with Gasteiger partial charge >= 0.3 is 6.09 Å². The molecule has 2 atom stereocenters. The summed E-state index contributed by atoms with van der Waals surface area (Å²) in [6.45, 7) is 13.1. The van der Waals surface area contributed by atoms with Gasteiger partial charge in [0.2, 0.25) is 0 Å². The summed E-state index contributed by atoms with van der Waals surface area (Å²) < 4.78 is 31.6. The Morgan fingerprint density at radius 3 is 2.40 bits per heavy atom. The highest BCUT2D eigenvalue weighted by Crippen LogP contribution is 2.45. The zero-order chi connectivity index (χ0) is 28.7. The third kappa shape index (κ3) is 5.84. The van der Waals surface area contributed by atoms with Crippen LogP contribution in [0.5, 0.6) is 11.5 Å². The summed E-state index contributed by atoms with van der Waals surface area (Å²) >= 11 is 0. The molecule has 4 heterocycles. The average molecular weight is 556 g/mol. The molecule has 0 saturated carbocycles. The summed E-state index contributed by atoms with van der Waals surface area (Å²) in [5, 5.41) is 0. The van der Waals surface area contributed by atoms with E-state index in [1.54, 1.807) is 16.0 Å². The molecule has 5 rings (SSSR count). The lowest BCUT2D eigenvalue weighted by Crippen LogP contribution is -2.61. The van der Waals surface area contributed by atoms with Gasteiger partial charge in [-0.2, -0.15) is 0 Å². The fourth-order valence-electron chi connectivity index (χ4n) is 5.76. The molecule has 3 aliphatic heterocycles. The van der Waals surface area contributed by atoms with E-state index in [0.717, 1.165) is 25.9 Å². The number of hydrogen-bond acceptors (Lipinski definition) is 8. The molecule has 11 heteroatoms. The van der Waals surface area contributed by atoms with Gasteiger partial charge in [-0.25, -0.2) is 19.2 Å². The Morgan fingerprint density at radius 1 is 1.07 bits per heavy atom. The lowest BCUT2D eigenvalue weighted by Gasteiger charge is -2.54. The van der Waals surface area contributed by atoms with E-state index >= 15 is 0 Å². The Bertz CT molecular complexity index is 1240. The van der Waals surface area contributed by atoms with E-state index < -0.39 is 11.4 Å². The summed E-state index contributed by atoms with van der Waals surface area (Å²) in [5.41, 5.74) is -0.290. The van der Waals surface area contributed by atoms with Crippen molar-refractivity contribution >= 4 is 17.8 Å². The highest BCUT2D eigenvalue weighted by Gasteiger charge is 2.47. The molecule has 1 spiro atoms. The van der Waals surface area contributed by atoms with Gasteiger partial charge in [-0.05, 0) is 65.7 Å². The minimum atomic E-state index is -0.517. The maximum Gasteiger partial charge on any atom is 0.410 e. The number of ether oxygens (including phenoxy) is 3. The molecular weight excluding hydrogens is 517 g/mol. The number of aromatic nitrogens is 2. The van der Waals surface area contributed by atoms with Crippen LogP contribution in [0, 0.1) is 11.2 Å². The number of amides is 2. The summed E-state index contributed by atoms with van der Waals surface area (Å²) in [6, 6.07) is 3.66. The van der Waals surface area contributed by atoms with Gasteiger partial charge in [-0.1, -0.05) is 0 Å². The predicted molar refractivity (Wildman–Crippen MR) is 146 cm³/mol. The number of morpholine rings is 1. The van der Waals surface area contributed by atoms with Gasteiger partial charge < -0.3 is 28.9 Å². The van der Waals surface area contributed by atoms with E-state index in [0.29, 0.717) is 37.9 Å². The van der Waals surface area contributed by atoms with Crippen molar-refractivity contribution in [1.29, 1.82) is 0 Å². The van der Waals surface area contributed by atoms with Gasteiger partial charge in [-0.15, -0.1) is 0 Å². The molecule has 2 amide bonds. The van der Waals surface area contributed by atoms with Crippen molar-refractivity contribution in [3.05, 3.63) is 42.1 Å². The lowest BCUT2D eigenvalue weighted by molar-refractivity contribution is -0.0250. The Balaban J connectivity index is 1.28. The maximum atomic E-state index is 14.3. The molecule has 0 bridgehead atoms. The minimum Gasteiger partial charge on any atom is -0.451 e. The van der Waals surface area contributed by atoms with Crippen LogP contribution >= 0.6 is 0 Å². The monoisotopic (exact) mass is 555 g/mol. The van der Waals surface area contributed by atoms with Crippen LogP contribution in [0.1, 0.15) is 57.8 Å². The molecule has 0 unspecified atom stereocenters. The van der Waals surface area contributed by atoms with Gasteiger partial charge in [0.15, 0.2) is 11.6 Å². The highest BCUT2D eigenvalue weighted by atomic mass is 19.1. The second kappa shape index (κ2) is 10.8. The summed E-state index contributed by atoms with van der Waals surface area (Å²) in [4.78, 5) is 40.3. The summed E-state index contributed by atoms with van der Waals surface area (Å²) in [5.74, 6) is 0.430. The molecule has 3 aliphatic rings. The molecule has 0 aliphatic carbocycles. The van der Waals surface area contributed by atoms with Crippen molar-refractivity contribution in [3.63, 3.8) is 0 Å². The van der Waals surface area contributed by atoms with Crippen LogP contribution in [0.25, 0.3) is 0 Å². The van der Waals surface area contributed by atoms with Crippen molar-refractivity contribution in [2.24, 2.45) is 5.41 Å². The number of hydrogen-bond donors (Lipinski definition) is 0. The smallest absolute Gasteiger partial charge is 0.410 e. The number of likely N-dealkylation sites (tertiary alicyclic amines) is 1. The van der Waals surface area contributed by atoms with Crippen LogP contribution in [0.4, 0.5) is 15.0 Å². The zero-order valence-electron chi connectivity index (χ0n) is 23.9. The van der Waals surface area contributed by atoms with Crippen LogP contribution in [-0.4, -0.2) is 88.8 Å². The van der Waals surface area contributed by atoms with E-state index in [1.807, 2.05) is 34.6 Å². The molecular formula is C29H38FN5O5. The van der Waals surface area contributed by atoms with Crippen molar-refractivity contribution < 1.29 is 28.2 Å². The molecule has 3 fully saturated rings. The Labute approximate surface area is 234 Å². The normalized spacial score (nSPS) is 22.6. The van der Waals surface area contributed by atoms with Crippen LogP contribution in [0.3, 0.4) is 0 Å². The fourth-order valence-corrected chi connectivity index (χ4v) is 5.76. The van der Waals surface area contributed by atoms with E-state index in [1.165, 1.54) is 24.5 Å². The molecule has 3 saturated heterocycles. The Morgan fingerprint density at radius 2 is 1.75 bits per heavy atom. The third-order valence-corrected chi connectivity index (χ3v) is 7.78. The quantitative estimate of drug-likeness (QED) is 0.544. The lowest BCUT2D eigenvalue weighted by atomic mass is 9.72. The van der Waals surface area contributed by atoms with Gasteiger partial charge in [0.1, 0.15) is 23.5 Å². The van der Waals surface area contributed by atoms with Crippen molar-refractivity contribution in [2.45, 2.75) is 65.1 Å². The van der Waals surface area contributed by atoms with Gasteiger partial charge in [0.05, 0.1) is 37.1 Å². The van der Waals surface area contributed by atoms with Gasteiger partial charge in [0, 0.05) is 31.6 Å². The van der Waals surface area contributed by atoms with Crippen LogP contribution in [0.2, 0.25) is 0 Å². The number of piperidine rings is 1. The van der Waals surface area contributed by atoms with Crippen molar-refractivity contribution in [3.8, 4) is 11.5 Å². The van der Waals surface area contributed by atoms with Crippen molar-refractivity contribution in [2.75, 3.05) is 44.3 Å². The number of nitrogens with zero attached hydrogens (tertiary/aromatic N) is 5. The van der Waals surface area contributed by atoms with E-state index in [2.05, 4.69) is 14.9 Å². The summed E-state index contributed by atoms with van der Waals surface area (Å²) in [7, 11) is 0. The number of benzene rings is 1. The van der Waals surface area contributed by atoms with E-state index in [4.69, 9.17) is 14.2 Å². The number of carbonyl (C=O) groups is 2. The minimum absolute atomic E-state index is 0.0837. The second-order valence-corrected chi connectivity index (χ2v) is 12.2. The fraction of sp³-hybridized carbons (Fsp3) is 0.586. The molecule has 0 radical (unpaired) electrons. The average Bonchev–Trinajstić information content (AvgIpc) is 2.87. The number of carbonyl (C=O) groups excluding carboxylic acids is 2. The first-order valence-corrected chi connectivity index (χ1v) is 13.9. The molecule has 0 N–H and O–H groups in total. The Kier molecular flexibility index (Phi) is 7.60. The number of rotatable bonds is 4. The largest absolute Gasteiger partial charge is 0.451 e. The van der Waals surface area contributed by atoms with Gasteiger partial charge in [-0.3, -0.25) is 4.79 Å². The van der Waals surface area contributed by atoms with E-state index in [9.17, 15) is 14.0 Å². The molecule has 10 nitrogen and oxygen atoms in total. The number of anilines is 1. The molecule has 216 valence electrons. The first-order valence-electron chi connectivity index (χ1n) is 13.9.